The van der Waals surface area contributed by atoms with Crippen molar-refractivity contribution in [2.75, 3.05) is 11.4 Å². The van der Waals surface area contributed by atoms with E-state index in [2.05, 4.69) is 30.7 Å². The van der Waals surface area contributed by atoms with Gasteiger partial charge in [-0.3, -0.25) is 0 Å². The Morgan fingerprint density at radius 3 is 2.83 bits per heavy atom. The van der Waals surface area contributed by atoms with Gasteiger partial charge in [-0.25, -0.2) is 9.97 Å². The van der Waals surface area contributed by atoms with Crippen LogP contribution in [0.1, 0.15) is 63.3 Å². The zero-order valence-electron chi connectivity index (χ0n) is 15.1. The Kier molecular flexibility index (Phi) is 3.11. The van der Waals surface area contributed by atoms with E-state index in [0.29, 0.717) is 16.9 Å². The van der Waals surface area contributed by atoms with E-state index in [0.717, 1.165) is 6.54 Å². The lowest BCUT2D eigenvalue weighted by molar-refractivity contribution is 0.136. The molecule has 3 heterocycles. The van der Waals surface area contributed by atoms with Crippen molar-refractivity contribution in [1.29, 1.82) is 0 Å². The number of fused-ring (bicyclic) bond motifs is 5. The van der Waals surface area contributed by atoms with Gasteiger partial charge < -0.3 is 4.90 Å². The van der Waals surface area contributed by atoms with Crippen LogP contribution in [0.15, 0.2) is 6.33 Å². The van der Waals surface area contributed by atoms with E-state index in [1.165, 1.54) is 61.0 Å². The van der Waals surface area contributed by atoms with Crippen molar-refractivity contribution in [3.8, 4) is 0 Å². The Labute approximate surface area is 148 Å². The molecule has 2 aromatic rings. The summed E-state index contributed by atoms with van der Waals surface area (Å²) in [5.74, 6) is 1.24. The minimum absolute atomic E-state index is 0.444. The molecule has 0 N–H and O–H groups in total. The third-order valence-corrected chi connectivity index (χ3v) is 7.62. The van der Waals surface area contributed by atoms with Crippen molar-refractivity contribution in [3.05, 3.63) is 16.8 Å². The second kappa shape index (κ2) is 4.94. The molecule has 1 saturated heterocycles. The molecule has 3 aliphatic rings. The molecule has 0 amide bonds. The number of nitrogens with zero attached hydrogens (tertiary/aromatic N) is 3. The summed E-state index contributed by atoms with van der Waals surface area (Å²) in [5, 5.41) is 1.39. The Hall–Kier alpha value is -1.16. The fraction of sp³-hybridized carbons (Fsp3) is 0.700. The first kappa shape index (κ1) is 15.1. The average Bonchev–Trinajstić information content (AvgIpc) is 3.00. The molecule has 2 aliphatic carbocycles. The molecule has 1 aliphatic heterocycles. The van der Waals surface area contributed by atoms with Crippen molar-refractivity contribution < 1.29 is 0 Å². The second-order valence-electron chi connectivity index (χ2n) is 9.43. The van der Waals surface area contributed by atoms with Gasteiger partial charge in [-0.1, -0.05) is 20.8 Å². The molecule has 4 heteroatoms. The summed E-state index contributed by atoms with van der Waals surface area (Å²) in [5.41, 5.74) is 2.47. The van der Waals surface area contributed by atoms with E-state index in [4.69, 9.17) is 4.98 Å². The van der Waals surface area contributed by atoms with Gasteiger partial charge in [0.15, 0.2) is 0 Å². The average molecular weight is 342 g/mol. The van der Waals surface area contributed by atoms with Crippen LogP contribution in [0.5, 0.6) is 0 Å². The van der Waals surface area contributed by atoms with Crippen LogP contribution < -0.4 is 4.90 Å². The van der Waals surface area contributed by atoms with Crippen LogP contribution in [0.2, 0.25) is 0 Å². The van der Waals surface area contributed by atoms with Gasteiger partial charge in [0, 0.05) is 17.5 Å². The first-order valence-electron chi connectivity index (χ1n) is 9.46. The van der Waals surface area contributed by atoms with Crippen molar-refractivity contribution in [2.24, 2.45) is 10.8 Å². The van der Waals surface area contributed by atoms with Crippen LogP contribution in [0.4, 0.5) is 5.82 Å². The second-order valence-corrected chi connectivity index (χ2v) is 10.5. The van der Waals surface area contributed by atoms with Gasteiger partial charge in [0.1, 0.15) is 17.0 Å². The predicted octanol–water partition coefficient (Wildman–Crippen LogP) is 4.98. The normalized spacial score (nSPS) is 31.5. The molecule has 2 atom stereocenters. The molecule has 128 valence electrons. The minimum atomic E-state index is 0.444. The molecule has 0 radical (unpaired) electrons. The van der Waals surface area contributed by atoms with Crippen LogP contribution in [0.3, 0.4) is 0 Å². The summed E-state index contributed by atoms with van der Waals surface area (Å²) in [7, 11) is 0. The Bertz CT molecular complexity index is 809. The SMILES string of the molecule is CC1(C)C[C@@H]2C[C@@](C)(CN2c2ncnc3sc4c(c23)CCCC4)C1. The van der Waals surface area contributed by atoms with Crippen LogP contribution in [0, 0.1) is 10.8 Å². The van der Waals surface area contributed by atoms with Gasteiger partial charge in [0.05, 0.1) is 5.39 Å². The van der Waals surface area contributed by atoms with Crippen molar-refractivity contribution >= 4 is 27.4 Å². The summed E-state index contributed by atoms with van der Waals surface area (Å²) < 4.78 is 0. The molecule has 0 spiro atoms. The van der Waals surface area contributed by atoms with Gasteiger partial charge in [-0.15, -0.1) is 11.3 Å². The van der Waals surface area contributed by atoms with Crippen LogP contribution in [0.25, 0.3) is 10.2 Å². The minimum Gasteiger partial charge on any atom is -0.352 e. The topological polar surface area (TPSA) is 29.0 Å². The molecular weight excluding hydrogens is 314 g/mol. The lowest BCUT2D eigenvalue weighted by Crippen LogP contribution is -2.35. The molecule has 3 nitrogen and oxygen atoms in total. The molecular formula is C20H27N3S. The van der Waals surface area contributed by atoms with Crippen molar-refractivity contribution in [1.82, 2.24) is 9.97 Å². The van der Waals surface area contributed by atoms with Gasteiger partial charge >= 0.3 is 0 Å². The zero-order valence-corrected chi connectivity index (χ0v) is 15.9. The first-order valence-corrected chi connectivity index (χ1v) is 10.3. The number of aryl methyl sites for hydroxylation is 2. The third kappa shape index (κ3) is 2.22. The highest BCUT2D eigenvalue weighted by Gasteiger charge is 2.50. The van der Waals surface area contributed by atoms with Gasteiger partial charge in [0.25, 0.3) is 0 Å². The standard InChI is InChI=1S/C20H27N3S/c1-19(2)8-13-9-20(3,10-19)11-23(13)17-16-14-6-4-5-7-15(14)24-18(16)22-12-21-17/h12-13H,4-11H2,1-3H3/t13-,20-/m1/s1. The summed E-state index contributed by atoms with van der Waals surface area (Å²) in [4.78, 5) is 14.9. The maximum atomic E-state index is 4.83. The van der Waals surface area contributed by atoms with Crippen LogP contribution >= 0.6 is 11.3 Å². The number of rotatable bonds is 1. The number of thiophene rings is 1. The Morgan fingerprint density at radius 1 is 1.12 bits per heavy atom. The van der Waals surface area contributed by atoms with Crippen molar-refractivity contribution in [2.45, 2.75) is 71.8 Å². The predicted molar refractivity (Wildman–Crippen MR) is 101 cm³/mol. The Balaban J connectivity index is 1.64. The van der Waals surface area contributed by atoms with E-state index in [1.54, 1.807) is 16.8 Å². The fourth-order valence-corrected chi connectivity index (χ4v) is 7.22. The maximum Gasteiger partial charge on any atom is 0.141 e. The summed E-state index contributed by atoms with van der Waals surface area (Å²) in [6, 6.07) is 0.649. The highest BCUT2D eigenvalue weighted by atomic mass is 32.1. The zero-order chi connectivity index (χ0) is 16.5. The molecule has 2 fully saturated rings. The molecule has 0 aromatic carbocycles. The highest BCUT2D eigenvalue weighted by Crippen LogP contribution is 2.54. The van der Waals surface area contributed by atoms with Gasteiger partial charge in [-0.05, 0) is 61.3 Å². The number of aromatic nitrogens is 2. The smallest absolute Gasteiger partial charge is 0.141 e. The number of anilines is 1. The third-order valence-electron chi connectivity index (χ3n) is 6.42. The molecule has 1 saturated carbocycles. The fourth-order valence-electron chi connectivity index (χ4n) is 6.00. The van der Waals surface area contributed by atoms with E-state index in [9.17, 15) is 0 Å². The maximum absolute atomic E-state index is 4.83. The molecule has 2 aromatic heterocycles. The highest BCUT2D eigenvalue weighted by molar-refractivity contribution is 7.19. The van der Waals surface area contributed by atoms with Crippen molar-refractivity contribution in [3.63, 3.8) is 0 Å². The molecule has 0 unspecified atom stereocenters. The Morgan fingerprint density at radius 2 is 1.96 bits per heavy atom. The largest absolute Gasteiger partial charge is 0.352 e. The van der Waals surface area contributed by atoms with E-state index in [-0.39, 0.29) is 0 Å². The number of hydrogen-bond donors (Lipinski definition) is 0. The van der Waals surface area contributed by atoms with Gasteiger partial charge in [0.2, 0.25) is 0 Å². The first-order chi connectivity index (χ1) is 11.4. The van der Waals surface area contributed by atoms with E-state index in [1.807, 2.05) is 11.3 Å². The van der Waals surface area contributed by atoms with Crippen LogP contribution in [-0.2, 0) is 12.8 Å². The molecule has 5 rings (SSSR count). The van der Waals surface area contributed by atoms with E-state index >= 15 is 0 Å². The lowest BCUT2D eigenvalue weighted by atomic mass is 9.65. The molecule has 2 bridgehead atoms. The monoisotopic (exact) mass is 341 g/mol. The van der Waals surface area contributed by atoms with Crippen LogP contribution in [-0.4, -0.2) is 22.6 Å². The quantitative estimate of drug-likeness (QED) is 0.733. The van der Waals surface area contributed by atoms with Gasteiger partial charge in [-0.2, -0.15) is 0 Å². The summed E-state index contributed by atoms with van der Waals surface area (Å²) >= 11 is 1.92. The molecule has 24 heavy (non-hydrogen) atoms. The lowest BCUT2D eigenvalue weighted by Gasteiger charge is -2.39. The van der Waals surface area contributed by atoms with E-state index < -0.39 is 0 Å². The summed E-state index contributed by atoms with van der Waals surface area (Å²) in [6.07, 6.45) is 10.9. The summed E-state index contributed by atoms with van der Waals surface area (Å²) in [6.45, 7) is 8.55. The number of hydrogen-bond acceptors (Lipinski definition) is 4.